The maximum Gasteiger partial charge on any atom is 0.255 e. The largest absolute Gasteiger partial charge is 0.494 e. The van der Waals surface area contributed by atoms with Crippen LogP contribution in [0.2, 0.25) is 0 Å². The van der Waals surface area contributed by atoms with E-state index in [1.165, 1.54) is 0 Å². The molecule has 0 radical (unpaired) electrons. The molecule has 0 aromatic heterocycles. The molecule has 0 saturated carbocycles. The summed E-state index contributed by atoms with van der Waals surface area (Å²) in [4.78, 5) is 12.5. The van der Waals surface area contributed by atoms with Crippen molar-refractivity contribution in [2.45, 2.75) is 19.8 Å². The van der Waals surface area contributed by atoms with Crippen LogP contribution in [0.3, 0.4) is 0 Å². The number of anilines is 1. The molecule has 4 nitrogen and oxygen atoms in total. The predicted octanol–water partition coefficient (Wildman–Crippen LogP) is 4.68. The molecule has 0 bridgehead atoms. The standard InChI is InChI=1S/C20H23NO3/c1-3-5-14-23-17-10-8-9-16(15-17)20(22)21-18-11-6-7-12-19(18)24-13-4-2/h4,6-12,15H,2-3,5,13-14H2,1H3,(H,21,22). The van der Waals surface area contributed by atoms with Crippen molar-refractivity contribution in [2.24, 2.45) is 0 Å². The van der Waals surface area contributed by atoms with Crippen LogP contribution in [-0.4, -0.2) is 19.1 Å². The van der Waals surface area contributed by atoms with Gasteiger partial charge in [0.15, 0.2) is 0 Å². The molecule has 0 heterocycles. The number of benzene rings is 2. The van der Waals surface area contributed by atoms with Gasteiger partial charge in [-0.05, 0) is 36.8 Å². The predicted molar refractivity (Wildman–Crippen MR) is 96.9 cm³/mol. The van der Waals surface area contributed by atoms with Gasteiger partial charge in [-0.15, -0.1) is 0 Å². The summed E-state index contributed by atoms with van der Waals surface area (Å²) in [7, 11) is 0. The van der Waals surface area contributed by atoms with Crippen LogP contribution in [0, 0.1) is 0 Å². The zero-order valence-electron chi connectivity index (χ0n) is 14.0. The van der Waals surface area contributed by atoms with Crippen molar-refractivity contribution in [1.29, 1.82) is 0 Å². The van der Waals surface area contributed by atoms with Crippen molar-refractivity contribution < 1.29 is 14.3 Å². The van der Waals surface area contributed by atoms with Crippen LogP contribution in [0.5, 0.6) is 11.5 Å². The van der Waals surface area contributed by atoms with Gasteiger partial charge >= 0.3 is 0 Å². The van der Waals surface area contributed by atoms with E-state index in [1.807, 2.05) is 30.3 Å². The van der Waals surface area contributed by atoms with E-state index in [-0.39, 0.29) is 5.91 Å². The number of para-hydroxylation sites is 2. The molecule has 0 aliphatic carbocycles. The molecule has 2 aromatic carbocycles. The van der Waals surface area contributed by atoms with E-state index >= 15 is 0 Å². The monoisotopic (exact) mass is 325 g/mol. The van der Waals surface area contributed by atoms with Crippen LogP contribution in [0.4, 0.5) is 5.69 Å². The zero-order valence-corrected chi connectivity index (χ0v) is 14.0. The fourth-order valence-corrected chi connectivity index (χ4v) is 2.10. The van der Waals surface area contributed by atoms with Gasteiger partial charge in [0, 0.05) is 5.56 Å². The second-order valence-electron chi connectivity index (χ2n) is 5.28. The first kappa shape index (κ1) is 17.6. The van der Waals surface area contributed by atoms with Gasteiger partial charge in [-0.2, -0.15) is 0 Å². The van der Waals surface area contributed by atoms with Gasteiger partial charge in [-0.1, -0.05) is 44.2 Å². The average molecular weight is 325 g/mol. The minimum atomic E-state index is -0.203. The highest BCUT2D eigenvalue weighted by molar-refractivity contribution is 6.05. The van der Waals surface area contributed by atoms with Crippen molar-refractivity contribution >= 4 is 11.6 Å². The molecule has 24 heavy (non-hydrogen) atoms. The van der Waals surface area contributed by atoms with E-state index in [2.05, 4.69) is 18.8 Å². The summed E-state index contributed by atoms with van der Waals surface area (Å²) in [6.07, 6.45) is 3.72. The smallest absolute Gasteiger partial charge is 0.255 e. The fraction of sp³-hybridized carbons (Fsp3) is 0.250. The maximum absolute atomic E-state index is 12.5. The number of amides is 1. The summed E-state index contributed by atoms with van der Waals surface area (Å²) in [5.74, 6) is 1.11. The summed E-state index contributed by atoms with van der Waals surface area (Å²) < 4.78 is 11.2. The number of unbranched alkanes of at least 4 members (excludes halogenated alkanes) is 1. The first-order chi connectivity index (χ1) is 11.7. The molecular weight excluding hydrogens is 302 g/mol. The SMILES string of the molecule is C=CCOc1ccccc1NC(=O)c1cccc(OCCCC)c1. The Balaban J connectivity index is 2.07. The van der Waals surface area contributed by atoms with Crippen LogP contribution in [0.1, 0.15) is 30.1 Å². The van der Waals surface area contributed by atoms with Gasteiger partial charge < -0.3 is 14.8 Å². The molecule has 2 rings (SSSR count). The lowest BCUT2D eigenvalue weighted by molar-refractivity contribution is 0.102. The van der Waals surface area contributed by atoms with Crippen LogP contribution < -0.4 is 14.8 Å². The summed E-state index contributed by atoms with van der Waals surface area (Å²) in [6, 6.07) is 14.5. The number of hydrogen-bond donors (Lipinski definition) is 1. The van der Waals surface area contributed by atoms with Crippen LogP contribution in [0.25, 0.3) is 0 Å². The highest BCUT2D eigenvalue weighted by Crippen LogP contribution is 2.25. The Bertz CT molecular complexity index is 682. The molecule has 0 aliphatic heterocycles. The number of carbonyl (C=O) groups is 1. The van der Waals surface area contributed by atoms with E-state index < -0.39 is 0 Å². The molecule has 2 aromatic rings. The van der Waals surface area contributed by atoms with Gasteiger partial charge in [-0.3, -0.25) is 4.79 Å². The van der Waals surface area contributed by atoms with E-state index in [9.17, 15) is 4.79 Å². The number of carbonyl (C=O) groups excluding carboxylic acids is 1. The fourth-order valence-electron chi connectivity index (χ4n) is 2.10. The number of rotatable bonds is 9. The van der Waals surface area contributed by atoms with Crippen molar-refractivity contribution in [3.63, 3.8) is 0 Å². The topological polar surface area (TPSA) is 47.6 Å². The van der Waals surface area contributed by atoms with Crippen molar-refractivity contribution in [3.8, 4) is 11.5 Å². The van der Waals surface area contributed by atoms with Crippen molar-refractivity contribution in [2.75, 3.05) is 18.5 Å². The van der Waals surface area contributed by atoms with E-state index in [0.717, 1.165) is 12.8 Å². The Labute approximate surface area is 143 Å². The highest BCUT2D eigenvalue weighted by Gasteiger charge is 2.10. The first-order valence-corrected chi connectivity index (χ1v) is 8.11. The third kappa shape index (κ3) is 5.16. The Kier molecular flexibility index (Phi) is 6.90. The Morgan fingerprint density at radius 2 is 2.00 bits per heavy atom. The normalized spacial score (nSPS) is 10.0. The molecule has 0 aliphatic rings. The second-order valence-corrected chi connectivity index (χ2v) is 5.28. The maximum atomic E-state index is 12.5. The second kappa shape index (κ2) is 9.40. The lowest BCUT2D eigenvalue weighted by atomic mass is 10.2. The lowest BCUT2D eigenvalue weighted by Crippen LogP contribution is -2.13. The molecule has 0 spiro atoms. The first-order valence-electron chi connectivity index (χ1n) is 8.11. The van der Waals surface area contributed by atoms with Gasteiger partial charge in [0.25, 0.3) is 5.91 Å². The van der Waals surface area contributed by atoms with Crippen molar-refractivity contribution in [3.05, 3.63) is 66.7 Å². The van der Waals surface area contributed by atoms with E-state index in [0.29, 0.717) is 36.0 Å². The summed E-state index contributed by atoms with van der Waals surface area (Å²) in [6.45, 7) is 6.77. The molecule has 0 unspecified atom stereocenters. The van der Waals surface area contributed by atoms with Gasteiger partial charge in [-0.25, -0.2) is 0 Å². The molecule has 0 atom stereocenters. The Morgan fingerprint density at radius 3 is 2.79 bits per heavy atom. The quantitative estimate of drug-likeness (QED) is 0.538. The third-order valence-electron chi connectivity index (χ3n) is 3.35. The summed E-state index contributed by atoms with van der Waals surface area (Å²) >= 11 is 0. The van der Waals surface area contributed by atoms with Gasteiger partial charge in [0.1, 0.15) is 18.1 Å². The highest BCUT2D eigenvalue weighted by atomic mass is 16.5. The minimum Gasteiger partial charge on any atom is -0.494 e. The molecule has 126 valence electrons. The van der Waals surface area contributed by atoms with Crippen molar-refractivity contribution in [1.82, 2.24) is 0 Å². The zero-order chi connectivity index (χ0) is 17.2. The number of nitrogens with one attached hydrogen (secondary N) is 1. The van der Waals surface area contributed by atoms with Gasteiger partial charge in [0.2, 0.25) is 0 Å². The molecule has 1 amide bonds. The number of hydrogen-bond acceptors (Lipinski definition) is 3. The minimum absolute atomic E-state index is 0.203. The molecule has 0 fully saturated rings. The van der Waals surface area contributed by atoms with Gasteiger partial charge in [0.05, 0.1) is 12.3 Å². The van der Waals surface area contributed by atoms with Crippen LogP contribution >= 0.6 is 0 Å². The van der Waals surface area contributed by atoms with E-state index in [1.54, 1.807) is 24.3 Å². The third-order valence-corrected chi connectivity index (χ3v) is 3.35. The van der Waals surface area contributed by atoms with Crippen LogP contribution in [0.15, 0.2) is 61.2 Å². The molecule has 0 saturated heterocycles. The molecule has 4 heteroatoms. The summed E-state index contributed by atoms with van der Waals surface area (Å²) in [5, 5.41) is 2.88. The Hall–Kier alpha value is -2.75. The van der Waals surface area contributed by atoms with Crippen LogP contribution in [-0.2, 0) is 0 Å². The Morgan fingerprint density at radius 1 is 1.17 bits per heavy atom. The lowest BCUT2D eigenvalue weighted by Gasteiger charge is -2.12. The average Bonchev–Trinajstić information content (AvgIpc) is 2.61. The molecule has 1 N–H and O–H groups in total. The summed E-state index contributed by atoms with van der Waals surface area (Å²) in [5.41, 5.74) is 1.17. The molecular formula is C20H23NO3. The number of ether oxygens (including phenoxy) is 2. The van der Waals surface area contributed by atoms with E-state index in [4.69, 9.17) is 9.47 Å².